The average Bonchev–Trinajstić information content (AvgIpc) is 2.51. The smallest absolute Gasteiger partial charge is 0.324 e. The van der Waals surface area contributed by atoms with Gasteiger partial charge >= 0.3 is 5.97 Å². The number of benzene rings is 1. The number of hydrogen-bond acceptors (Lipinski definition) is 6. The predicted molar refractivity (Wildman–Crippen MR) is 88.3 cm³/mol. The second-order valence-electron chi connectivity index (χ2n) is 4.75. The van der Waals surface area contributed by atoms with E-state index in [4.69, 9.17) is 10.5 Å². The summed E-state index contributed by atoms with van der Waals surface area (Å²) in [7, 11) is -3.87. The maximum Gasteiger partial charge on any atom is 0.324 e. The summed E-state index contributed by atoms with van der Waals surface area (Å²) in [6.07, 6.45) is 0.943. The molecule has 0 radical (unpaired) electrons. The minimum absolute atomic E-state index is 0.0462. The highest BCUT2D eigenvalue weighted by atomic mass is 32.2. The summed E-state index contributed by atoms with van der Waals surface area (Å²) in [5.41, 5.74) is 5.04. The molecule has 0 saturated heterocycles. The van der Waals surface area contributed by atoms with Gasteiger partial charge in [-0.3, -0.25) is 9.59 Å². The van der Waals surface area contributed by atoms with Crippen molar-refractivity contribution in [2.24, 2.45) is 5.73 Å². The molecule has 2 atom stereocenters. The summed E-state index contributed by atoms with van der Waals surface area (Å²) in [6, 6.07) is 6.61. The number of amides is 1. The second-order valence-corrected chi connectivity index (χ2v) is 7.45. The normalized spacial score (nSPS) is 14.0. The highest BCUT2D eigenvalue weighted by Gasteiger charge is 2.28. The number of rotatable bonds is 9. The number of esters is 1. The fourth-order valence-corrected chi connectivity index (χ4v) is 3.34. The van der Waals surface area contributed by atoms with Crippen molar-refractivity contribution in [2.45, 2.75) is 30.4 Å². The molecule has 0 bridgehead atoms. The van der Waals surface area contributed by atoms with Crippen LogP contribution in [0.15, 0.2) is 35.2 Å². The molecule has 9 heteroatoms. The molecule has 0 aliphatic carbocycles. The molecule has 128 valence electrons. The number of thioether (sulfide) groups is 1. The first-order chi connectivity index (χ1) is 10.8. The van der Waals surface area contributed by atoms with Crippen molar-refractivity contribution < 1.29 is 22.7 Å². The summed E-state index contributed by atoms with van der Waals surface area (Å²) in [5, 5.41) is 0. The molecule has 7 nitrogen and oxygen atoms in total. The first kappa shape index (κ1) is 19.5. The van der Waals surface area contributed by atoms with Gasteiger partial charge < -0.3 is 10.5 Å². The summed E-state index contributed by atoms with van der Waals surface area (Å²) >= 11 is 1.46. The highest BCUT2D eigenvalue weighted by molar-refractivity contribution is 7.98. The Bertz CT molecular complexity index is 634. The van der Waals surface area contributed by atoms with Crippen LogP contribution in [0.25, 0.3) is 0 Å². The Kier molecular flexibility index (Phi) is 7.53. The molecule has 0 aliphatic rings. The van der Waals surface area contributed by atoms with Crippen molar-refractivity contribution in [3.63, 3.8) is 0 Å². The van der Waals surface area contributed by atoms with Crippen LogP contribution in [0.3, 0.4) is 0 Å². The molecule has 1 rings (SSSR count). The summed E-state index contributed by atoms with van der Waals surface area (Å²) < 4.78 is 31.8. The van der Waals surface area contributed by atoms with E-state index in [-0.39, 0.29) is 11.3 Å². The van der Waals surface area contributed by atoms with E-state index in [2.05, 4.69) is 4.72 Å². The van der Waals surface area contributed by atoms with Crippen molar-refractivity contribution >= 4 is 33.7 Å². The second kappa shape index (κ2) is 8.90. The van der Waals surface area contributed by atoms with Crippen molar-refractivity contribution in [1.29, 1.82) is 0 Å². The summed E-state index contributed by atoms with van der Waals surface area (Å²) in [4.78, 5) is 23.1. The van der Waals surface area contributed by atoms with Crippen molar-refractivity contribution in [1.82, 2.24) is 4.72 Å². The van der Waals surface area contributed by atoms with Gasteiger partial charge in [-0.15, -0.1) is 0 Å². The standard InChI is InChI=1S/C14H20N2O5S2/c1-10(13(15)17)21-14(18)12(8-9-22-2)16-23(19,20)11-6-4-3-5-7-11/h3-7,10,12,16H,8-9H2,1-2H3,(H2,15,17)/t10-,12+/m1/s1. The van der Waals surface area contributed by atoms with Gasteiger partial charge in [0.2, 0.25) is 10.0 Å². The minimum atomic E-state index is -3.87. The number of ether oxygens (including phenoxy) is 1. The maximum absolute atomic E-state index is 12.3. The van der Waals surface area contributed by atoms with Crippen LogP contribution in [0.4, 0.5) is 0 Å². The van der Waals surface area contributed by atoms with Gasteiger partial charge in [0.25, 0.3) is 5.91 Å². The quantitative estimate of drug-likeness (QED) is 0.620. The lowest BCUT2D eigenvalue weighted by Gasteiger charge is -2.19. The minimum Gasteiger partial charge on any atom is -0.451 e. The monoisotopic (exact) mass is 360 g/mol. The summed E-state index contributed by atoms with van der Waals surface area (Å²) in [5.74, 6) is -1.08. The van der Waals surface area contributed by atoms with Crippen LogP contribution in [-0.2, 0) is 24.3 Å². The molecule has 1 amide bonds. The molecule has 23 heavy (non-hydrogen) atoms. The van der Waals surface area contributed by atoms with Gasteiger partial charge in [-0.1, -0.05) is 18.2 Å². The average molecular weight is 360 g/mol. The number of carbonyl (C=O) groups excluding carboxylic acids is 2. The Hall–Kier alpha value is -1.58. The molecule has 0 fully saturated rings. The van der Waals surface area contributed by atoms with Gasteiger partial charge in [-0.05, 0) is 37.5 Å². The molecule has 3 N–H and O–H groups in total. The molecule has 0 aromatic heterocycles. The van der Waals surface area contributed by atoms with Crippen LogP contribution in [0.2, 0.25) is 0 Å². The molecule has 1 aromatic carbocycles. The molecule has 0 unspecified atom stereocenters. The highest BCUT2D eigenvalue weighted by Crippen LogP contribution is 2.11. The van der Waals surface area contributed by atoms with E-state index in [9.17, 15) is 18.0 Å². The van der Waals surface area contributed by atoms with Gasteiger partial charge in [0.05, 0.1) is 4.90 Å². The Morgan fingerprint density at radius 3 is 2.43 bits per heavy atom. The molecule has 0 heterocycles. The van der Waals surface area contributed by atoms with E-state index in [1.807, 2.05) is 6.26 Å². The lowest BCUT2D eigenvalue weighted by molar-refractivity contribution is -0.155. The Balaban J connectivity index is 2.89. The number of carbonyl (C=O) groups is 2. The third-order valence-corrected chi connectivity index (χ3v) is 5.07. The Morgan fingerprint density at radius 2 is 1.91 bits per heavy atom. The topological polar surface area (TPSA) is 116 Å². The maximum atomic E-state index is 12.3. The summed E-state index contributed by atoms with van der Waals surface area (Å²) in [6.45, 7) is 1.33. The fraction of sp³-hybridized carbons (Fsp3) is 0.429. The zero-order valence-electron chi connectivity index (χ0n) is 12.9. The molecular weight excluding hydrogens is 340 g/mol. The molecule has 0 aliphatic heterocycles. The van der Waals surface area contributed by atoms with Gasteiger partial charge in [0.1, 0.15) is 6.04 Å². The molecular formula is C14H20N2O5S2. The number of primary amides is 1. The fourth-order valence-electron chi connectivity index (χ4n) is 1.63. The van der Waals surface area contributed by atoms with E-state index < -0.39 is 34.0 Å². The molecule has 1 aromatic rings. The van der Waals surface area contributed by atoms with Gasteiger partial charge in [-0.25, -0.2) is 8.42 Å². The van der Waals surface area contributed by atoms with E-state index in [1.54, 1.807) is 18.2 Å². The van der Waals surface area contributed by atoms with Crippen LogP contribution in [0, 0.1) is 0 Å². The molecule has 0 spiro atoms. The van der Waals surface area contributed by atoms with E-state index >= 15 is 0 Å². The van der Waals surface area contributed by atoms with Gasteiger partial charge in [0, 0.05) is 0 Å². The Morgan fingerprint density at radius 1 is 1.30 bits per heavy atom. The van der Waals surface area contributed by atoms with Crippen molar-refractivity contribution in [2.75, 3.05) is 12.0 Å². The van der Waals surface area contributed by atoms with Crippen molar-refractivity contribution in [3.8, 4) is 0 Å². The lowest BCUT2D eigenvalue weighted by atomic mass is 10.2. The number of nitrogens with two attached hydrogens (primary N) is 1. The van der Waals surface area contributed by atoms with Crippen LogP contribution >= 0.6 is 11.8 Å². The Labute approximate surface area is 140 Å². The third kappa shape index (κ3) is 6.20. The number of sulfonamides is 1. The van der Waals surface area contributed by atoms with E-state index in [0.29, 0.717) is 5.75 Å². The van der Waals surface area contributed by atoms with Crippen LogP contribution in [0.1, 0.15) is 13.3 Å². The number of nitrogens with one attached hydrogen (secondary N) is 1. The van der Waals surface area contributed by atoms with Gasteiger partial charge in [0.15, 0.2) is 6.10 Å². The lowest BCUT2D eigenvalue weighted by Crippen LogP contribution is -2.44. The van der Waals surface area contributed by atoms with E-state index in [1.165, 1.54) is 30.8 Å². The van der Waals surface area contributed by atoms with Crippen molar-refractivity contribution in [3.05, 3.63) is 30.3 Å². The van der Waals surface area contributed by atoms with E-state index in [0.717, 1.165) is 0 Å². The first-order valence-corrected chi connectivity index (χ1v) is 9.71. The van der Waals surface area contributed by atoms with Crippen LogP contribution < -0.4 is 10.5 Å². The SMILES string of the molecule is CSCC[C@H](NS(=O)(=O)c1ccccc1)C(=O)O[C@H](C)C(N)=O. The zero-order valence-corrected chi connectivity index (χ0v) is 14.5. The van der Waals surface area contributed by atoms with Gasteiger partial charge in [-0.2, -0.15) is 16.5 Å². The van der Waals surface area contributed by atoms with Crippen LogP contribution in [-0.4, -0.2) is 44.4 Å². The third-order valence-electron chi connectivity index (χ3n) is 2.94. The predicted octanol–water partition coefficient (Wildman–Crippen LogP) is 0.504. The number of hydrogen-bond donors (Lipinski definition) is 2. The zero-order chi connectivity index (χ0) is 17.5. The van der Waals surface area contributed by atoms with Crippen LogP contribution in [0.5, 0.6) is 0 Å². The molecule has 0 saturated carbocycles. The largest absolute Gasteiger partial charge is 0.451 e. The first-order valence-electron chi connectivity index (χ1n) is 6.84.